The molecule has 0 saturated carbocycles. The molecule has 1 heterocycles. The first kappa shape index (κ1) is 13.6. The van der Waals surface area contributed by atoms with E-state index in [0.717, 1.165) is 0 Å². The van der Waals surface area contributed by atoms with E-state index in [9.17, 15) is 0 Å². The van der Waals surface area contributed by atoms with E-state index in [1.807, 2.05) is 0 Å². The first-order valence-corrected chi connectivity index (χ1v) is 7.09. The fourth-order valence-corrected chi connectivity index (χ4v) is 2.83. The van der Waals surface area contributed by atoms with Gasteiger partial charge in [0.05, 0.1) is 0 Å². The third-order valence-electron chi connectivity index (χ3n) is 4.24. The summed E-state index contributed by atoms with van der Waals surface area (Å²) >= 11 is 0. The summed E-state index contributed by atoms with van der Waals surface area (Å²) in [7, 11) is 2.23. The highest BCUT2D eigenvalue weighted by Gasteiger charge is 2.23. The Kier molecular flexibility index (Phi) is 4.41. The van der Waals surface area contributed by atoms with Crippen LogP contribution in [0.2, 0.25) is 0 Å². The van der Waals surface area contributed by atoms with Crippen molar-refractivity contribution in [3.8, 4) is 0 Å². The molecule has 1 N–H and O–H groups in total. The van der Waals surface area contributed by atoms with E-state index >= 15 is 0 Å². The molecule has 1 saturated heterocycles. The Hall–Kier alpha value is -0.860. The van der Waals surface area contributed by atoms with Gasteiger partial charge in [-0.05, 0) is 52.8 Å². The second-order valence-corrected chi connectivity index (χ2v) is 5.85. The maximum Gasteiger partial charge on any atom is 0.0294 e. The van der Waals surface area contributed by atoms with Crippen LogP contribution in [0.4, 0.5) is 0 Å². The summed E-state index contributed by atoms with van der Waals surface area (Å²) in [5.74, 6) is 0. The maximum atomic E-state index is 3.79. The van der Waals surface area contributed by atoms with Crippen molar-refractivity contribution in [2.24, 2.45) is 0 Å². The second kappa shape index (κ2) is 5.85. The molecule has 1 aromatic carbocycles. The molecule has 1 fully saturated rings. The van der Waals surface area contributed by atoms with Gasteiger partial charge < -0.3 is 10.2 Å². The van der Waals surface area contributed by atoms with Crippen molar-refractivity contribution < 1.29 is 0 Å². The predicted octanol–water partition coefficient (Wildman–Crippen LogP) is 3.13. The maximum absolute atomic E-state index is 3.79. The van der Waals surface area contributed by atoms with Gasteiger partial charge in [0, 0.05) is 18.1 Å². The Labute approximate surface area is 111 Å². The smallest absolute Gasteiger partial charge is 0.0294 e. The van der Waals surface area contributed by atoms with Crippen LogP contribution in [0.3, 0.4) is 0 Å². The molecule has 1 aliphatic heterocycles. The average molecular weight is 246 g/mol. The van der Waals surface area contributed by atoms with Gasteiger partial charge in [0.1, 0.15) is 0 Å². The number of benzene rings is 1. The van der Waals surface area contributed by atoms with E-state index in [2.05, 4.69) is 62.3 Å². The lowest BCUT2D eigenvalue weighted by molar-refractivity contribution is 0.163. The standard InChI is InChI=1S/C16H26N2/c1-12-6-5-7-15(10-12)14(3)17-16-8-9-18(4)13(2)11-16/h5-7,10,13-14,16-17H,8-9,11H2,1-4H3/t13?,14-,16?/m0/s1. The lowest BCUT2D eigenvalue weighted by Gasteiger charge is -2.36. The van der Waals surface area contributed by atoms with Gasteiger partial charge in [0.15, 0.2) is 0 Å². The van der Waals surface area contributed by atoms with Crippen LogP contribution >= 0.6 is 0 Å². The quantitative estimate of drug-likeness (QED) is 0.881. The molecular formula is C16H26N2. The van der Waals surface area contributed by atoms with Gasteiger partial charge in [-0.25, -0.2) is 0 Å². The zero-order valence-electron chi connectivity index (χ0n) is 12.1. The van der Waals surface area contributed by atoms with Crippen molar-refractivity contribution in [2.45, 2.75) is 51.7 Å². The van der Waals surface area contributed by atoms with Crippen LogP contribution in [0, 0.1) is 6.92 Å². The number of aryl methyl sites for hydroxylation is 1. The van der Waals surface area contributed by atoms with Crippen molar-refractivity contribution in [1.29, 1.82) is 0 Å². The summed E-state index contributed by atoms with van der Waals surface area (Å²) in [6, 6.07) is 10.6. The fourth-order valence-electron chi connectivity index (χ4n) is 2.83. The van der Waals surface area contributed by atoms with E-state index in [1.165, 1.54) is 30.5 Å². The third kappa shape index (κ3) is 3.33. The predicted molar refractivity (Wildman–Crippen MR) is 77.8 cm³/mol. The van der Waals surface area contributed by atoms with Crippen molar-refractivity contribution in [2.75, 3.05) is 13.6 Å². The van der Waals surface area contributed by atoms with E-state index in [4.69, 9.17) is 0 Å². The Morgan fingerprint density at radius 2 is 2.17 bits per heavy atom. The second-order valence-electron chi connectivity index (χ2n) is 5.85. The third-order valence-corrected chi connectivity index (χ3v) is 4.24. The number of likely N-dealkylation sites (tertiary alicyclic amines) is 1. The highest BCUT2D eigenvalue weighted by atomic mass is 15.1. The van der Waals surface area contributed by atoms with E-state index in [-0.39, 0.29) is 0 Å². The zero-order valence-corrected chi connectivity index (χ0v) is 12.1. The zero-order chi connectivity index (χ0) is 13.1. The van der Waals surface area contributed by atoms with Gasteiger partial charge in [-0.1, -0.05) is 29.8 Å². The molecular weight excluding hydrogens is 220 g/mol. The normalized spacial score (nSPS) is 27.1. The number of hydrogen-bond acceptors (Lipinski definition) is 2. The van der Waals surface area contributed by atoms with Crippen molar-refractivity contribution in [3.63, 3.8) is 0 Å². The van der Waals surface area contributed by atoms with Gasteiger partial charge in [-0.3, -0.25) is 0 Å². The first-order chi connectivity index (χ1) is 8.56. The van der Waals surface area contributed by atoms with E-state index in [0.29, 0.717) is 18.1 Å². The number of nitrogens with zero attached hydrogens (tertiary/aromatic N) is 1. The molecule has 18 heavy (non-hydrogen) atoms. The lowest BCUT2D eigenvalue weighted by atomic mass is 9.97. The Morgan fingerprint density at radius 1 is 1.39 bits per heavy atom. The minimum absolute atomic E-state index is 0.450. The molecule has 2 heteroatoms. The number of nitrogens with one attached hydrogen (secondary N) is 1. The largest absolute Gasteiger partial charge is 0.307 e. The van der Waals surface area contributed by atoms with Crippen LogP contribution in [0.25, 0.3) is 0 Å². The molecule has 100 valence electrons. The van der Waals surface area contributed by atoms with E-state index in [1.54, 1.807) is 0 Å². The molecule has 0 radical (unpaired) electrons. The van der Waals surface area contributed by atoms with Crippen LogP contribution < -0.4 is 5.32 Å². The molecule has 0 spiro atoms. The first-order valence-electron chi connectivity index (χ1n) is 7.09. The molecule has 0 aliphatic carbocycles. The molecule has 1 aliphatic rings. The van der Waals surface area contributed by atoms with Crippen LogP contribution in [-0.4, -0.2) is 30.6 Å². The van der Waals surface area contributed by atoms with Crippen LogP contribution in [0.15, 0.2) is 24.3 Å². The van der Waals surface area contributed by atoms with Gasteiger partial charge in [0.25, 0.3) is 0 Å². The fraction of sp³-hybridized carbons (Fsp3) is 0.625. The summed E-state index contributed by atoms with van der Waals surface area (Å²) < 4.78 is 0. The molecule has 0 amide bonds. The number of piperidine rings is 1. The molecule has 2 nitrogen and oxygen atoms in total. The molecule has 3 atom stereocenters. The molecule has 0 bridgehead atoms. The number of hydrogen-bond donors (Lipinski definition) is 1. The summed E-state index contributed by atoms with van der Waals surface area (Å²) in [5.41, 5.74) is 2.75. The Bertz CT molecular complexity index is 388. The van der Waals surface area contributed by atoms with Crippen LogP contribution in [0.5, 0.6) is 0 Å². The van der Waals surface area contributed by atoms with E-state index < -0.39 is 0 Å². The highest BCUT2D eigenvalue weighted by Crippen LogP contribution is 2.20. The van der Waals surface area contributed by atoms with Crippen molar-refractivity contribution in [1.82, 2.24) is 10.2 Å². The summed E-state index contributed by atoms with van der Waals surface area (Å²) in [5, 5.41) is 3.79. The lowest BCUT2D eigenvalue weighted by Crippen LogP contribution is -2.46. The molecule has 0 aromatic heterocycles. The van der Waals surface area contributed by atoms with Crippen LogP contribution in [0.1, 0.15) is 43.9 Å². The topological polar surface area (TPSA) is 15.3 Å². The molecule has 2 rings (SSSR count). The van der Waals surface area contributed by atoms with Crippen LogP contribution in [-0.2, 0) is 0 Å². The van der Waals surface area contributed by atoms with Gasteiger partial charge in [0.2, 0.25) is 0 Å². The summed E-state index contributed by atoms with van der Waals surface area (Å²) in [6.45, 7) is 7.97. The highest BCUT2D eigenvalue weighted by molar-refractivity contribution is 5.24. The Balaban J connectivity index is 1.93. The summed E-state index contributed by atoms with van der Waals surface area (Å²) in [6.07, 6.45) is 2.52. The van der Waals surface area contributed by atoms with Crippen molar-refractivity contribution >= 4 is 0 Å². The number of rotatable bonds is 3. The Morgan fingerprint density at radius 3 is 2.83 bits per heavy atom. The van der Waals surface area contributed by atoms with Gasteiger partial charge in [-0.15, -0.1) is 0 Å². The van der Waals surface area contributed by atoms with Gasteiger partial charge >= 0.3 is 0 Å². The summed E-state index contributed by atoms with van der Waals surface area (Å²) in [4.78, 5) is 2.45. The minimum Gasteiger partial charge on any atom is -0.307 e. The monoisotopic (exact) mass is 246 g/mol. The van der Waals surface area contributed by atoms with Crippen molar-refractivity contribution in [3.05, 3.63) is 35.4 Å². The minimum atomic E-state index is 0.450. The average Bonchev–Trinajstić information content (AvgIpc) is 2.34. The SMILES string of the molecule is Cc1cccc([C@H](C)NC2CCN(C)C(C)C2)c1. The molecule has 2 unspecified atom stereocenters. The molecule has 1 aromatic rings. The van der Waals surface area contributed by atoms with Gasteiger partial charge in [-0.2, -0.15) is 0 Å².